The molecule has 6 aromatic heterocycles. The van der Waals surface area contributed by atoms with Crippen LogP contribution in [0.3, 0.4) is 0 Å². The molecule has 0 aliphatic carbocycles. The highest BCUT2D eigenvalue weighted by molar-refractivity contribution is 5.89. The van der Waals surface area contributed by atoms with Crippen LogP contribution in [0.4, 0.5) is 61.8 Å². The topological polar surface area (TPSA) is 255 Å². The van der Waals surface area contributed by atoms with Crippen LogP contribution in [0.25, 0.3) is 45.1 Å². The second-order valence-corrected chi connectivity index (χ2v) is 17.1. The Morgan fingerprint density at radius 2 is 1.06 bits per heavy atom. The van der Waals surface area contributed by atoms with Gasteiger partial charge in [0.05, 0.1) is 37.6 Å². The largest absolute Gasteiger partial charge is 0.406 e. The number of nitrogens with one attached hydrogen (secondary N) is 1. The molecule has 4 aliphatic heterocycles. The number of carbonyl (C=O) groups excluding carboxylic acids is 1. The van der Waals surface area contributed by atoms with Gasteiger partial charge >= 0.3 is 12.4 Å². The van der Waals surface area contributed by atoms with E-state index in [1.165, 1.54) is 24.8 Å². The second kappa shape index (κ2) is 19.8. The van der Waals surface area contributed by atoms with E-state index in [9.17, 15) is 31.1 Å². The number of nitrogen functional groups attached to an aromatic ring is 2. The number of alkyl halides is 6. The first-order chi connectivity index (χ1) is 33.5. The minimum Gasteiger partial charge on any atom is -0.378 e. The van der Waals surface area contributed by atoms with Gasteiger partial charge in [0.15, 0.2) is 45.6 Å². The van der Waals surface area contributed by atoms with Crippen LogP contribution in [-0.2, 0) is 27.4 Å². The molecule has 10 heterocycles. The highest BCUT2D eigenvalue weighted by atomic mass is 19.4. The predicted octanol–water partition coefficient (Wildman–Crippen LogP) is 1.99. The molecule has 374 valence electrons. The van der Waals surface area contributed by atoms with Gasteiger partial charge in [-0.1, -0.05) is 0 Å². The molecule has 4 fully saturated rings. The first-order valence-electron chi connectivity index (χ1n) is 22.5. The maximum Gasteiger partial charge on any atom is 0.406 e. The third kappa shape index (κ3) is 10.6. The Labute approximate surface area is 395 Å². The predicted molar refractivity (Wildman–Crippen MR) is 244 cm³/mol. The van der Waals surface area contributed by atoms with Gasteiger partial charge in [-0.25, -0.2) is 49.8 Å². The van der Waals surface area contributed by atoms with Crippen molar-refractivity contribution in [3.8, 4) is 22.8 Å². The molecule has 4 saturated heterocycles. The van der Waals surface area contributed by atoms with Crippen molar-refractivity contribution in [3.63, 3.8) is 0 Å². The number of hydrogen-bond donors (Lipinski definition) is 3. The molecule has 29 heteroatoms. The summed E-state index contributed by atoms with van der Waals surface area (Å²) in [5.74, 6) is 1.75. The van der Waals surface area contributed by atoms with Crippen molar-refractivity contribution in [2.45, 2.75) is 51.4 Å². The van der Waals surface area contributed by atoms with Crippen LogP contribution in [0.1, 0.15) is 13.8 Å². The molecule has 0 radical (unpaired) electrons. The number of morpholine rings is 2. The summed E-state index contributed by atoms with van der Waals surface area (Å²) in [5.41, 5.74) is 12.8. The molecule has 0 unspecified atom stereocenters. The van der Waals surface area contributed by atoms with E-state index in [1.807, 2.05) is 28.5 Å². The molecule has 70 heavy (non-hydrogen) atoms. The van der Waals surface area contributed by atoms with Crippen LogP contribution >= 0.6 is 0 Å². The lowest BCUT2D eigenvalue weighted by molar-refractivity contribution is -0.140. The van der Waals surface area contributed by atoms with Crippen molar-refractivity contribution in [1.29, 1.82) is 0 Å². The van der Waals surface area contributed by atoms with E-state index >= 15 is 0 Å². The van der Waals surface area contributed by atoms with Crippen LogP contribution in [-0.4, -0.2) is 187 Å². The number of ether oxygens (including phenoxy) is 2. The fraction of sp³-hybridized carbons (Fsp3) is 0.537. The Kier molecular flexibility index (Phi) is 13.6. The van der Waals surface area contributed by atoms with Gasteiger partial charge in [0.2, 0.25) is 30.2 Å². The number of imidazole rings is 2. The summed E-state index contributed by atoms with van der Waals surface area (Å²) in [6.07, 6.45) is -2.46. The number of anilines is 6. The van der Waals surface area contributed by atoms with Gasteiger partial charge in [-0.2, -0.15) is 26.3 Å². The van der Waals surface area contributed by atoms with E-state index in [2.05, 4.69) is 55.2 Å². The smallest absolute Gasteiger partial charge is 0.378 e. The molecule has 5 N–H and O–H groups in total. The zero-order valence-electron chi connectivity index (χ0n) is 38.1. The van der Waals surface area contributed by atoms with E-state index in [1.54, 1.807) is 9.80 Å². The maximum absolute atomic E-state index is 13.8. The third-order valence-corrected chi connectivity index (χ3v) is 12.0. The molecule has 6 aromatic rings. The summed E-state index contributed by atoms with van der Waals surface area (Å²) in [4.78, 5) is 64.0. The minimum absolute atomic E-state index is 0.0520. The lowest BCUT2D eigenvalue weighted by Crippen LogP contribution is -2.52. The van der Waals surface area contributed by atoms with Crippen molar-refractivity contribution in [3.05, 3.63) is 24.8 Å². The average molecular weight is 985 g/mol. The molecule has 0 saturated carbocycles. The Morgan fingerprint density at radius 3 is 1.46 bits per heavy atom. The van der Waals surface area contributed by atoms with E-state index in [0.717, 1.165) is 15.5 Å². The number of nitrogens with zero attached hydrogens (tertiary/aromatic N) is 17. The van der Waals surface area contributed by atoms with E-state index in [4.69, 9.17) is 20.9 Å². The summed E-state index contributed by atoms with van der Waals surface area (Å²) in [7, 11) is 0. The molecule has 0 aromatic carbocycles. The van der Waals surface area contributed by atoms with Crippen LogP contribution < -0.4 is 36.4 Å². The Balaban J connectivity index is 0.000000174. The number of hydrogen-bond acceptors (Lipinski definition) is 20. The summed E-state index contributed by atoms with van der Waals surface area (Å²) < 4.78 is 95.6. The quantitative estimate of drug-likeness (QED) is 0.138. The molecular weight excluding hydrogens is 935 g/mol. The zero-order chi connectivity index (χ0) is 49.3. The molecule has 0 bridgehead atoms. The summed E-state index contributed by atoms with van der Waals surface area (Å²) in [6, 6.07) is -0.0807. The van der Waals surface area contributed by atoms with Gasteiger partial charge in [0.25, 0.3) is 0 Å². The normalized spacial score (nSPS) is 19.5. The molecule has 0 spiro atoms. The molecular formula is C41H50F6N20O3. The van der Waals surface area contributed by atoms with Gasteiger partial charge in [0.1, 0.15) is 13.1 Å². The molecule has 10 rings (SSSR count). The van der Waals surface area contributed by atoms with Crippen LogP contribution in [0.5, 0.6) is 0 Å². The fourth-order valence-corrected chi connectivity index (χ4v) is 8.66. The van der Waals surface area contributed by atoms with Gasteiger partial charge < -0.3 is 50.8 Å². The van der Waals surface area contributed by atoms with Crippen molar-refractivity contribution >= 4 is 64.2 Å². The minimum atomic E-state index is -4.52. The second-order valence-electron chi connectivity index (χ2n) is 17.1. The first-order valence-corrected chi connectivity index (χ1v) is 22.5. The zero-order valence-corrected chi connectivity index (χ0v) is 38.1. The third-order valence-electron chi connectivity index (χ3n) is 12.0. The van der Waals surface area contributed by atoms with Gasteiger partial charge in [-0.05, 0) is 13.8 Å². The van der Waals surface area contributed by atoms with E-state index < -0.39 is 25.4 Å². The van der Waals surface area contributed by atoms with Crippen LogP contribution in [0.15, 0.2) is 24.8 Å². The Morgan fingerprint density at radius 1 is 0.614 bits per heavy atom. The number of halogens is 6. The Hall–Kier alpha value is -7.01. The van der Waals surface area contributed by atoms with Crippen molar-refractivity contribution < 1.29 is 40.6 Å². The number of nitrogens with two attached hydrogens (primary N) is 2. The summed E-state index contributed by atoms with van der Waals surface area (Å²) in [5, 5.41) is 3.31. The van der Waals surface area contributed by atoms with Gasteiger partial charge in [-0.15, -0.1) is 0 Å². The number of aromatic nitrogens is 12. The summed E-state index contributed by atoms with van der Waals surface area (Å²) in [6.45, 7) is 8.03. The van der Waals surface area contributed by atoms with Crippen molar-refractivity contribution in [2.75, 3.05) is 123 Å². The number of piperazine rings is 2. The fourth-order valence-electron chi connectivity index (χ4n) is 8.66. The first kappa shape index (κ1) is 48.0. The van der Waals surface area contributed by atoms with Crippen molar-refractivity contribution in [2.24, 2.45) is 0 Å². The van der Waals surface area contributed by atoms with E-state index in [-0.39, 0.29) is 64.3 Å². The standard InChI is InChI=1S/C21H25F3N10O2.C20H25F3N10O/c1-13-10-32(2-3-33(13)12-35)20-28-15-17(31-4-6-36-7-5-31)29-16(14-8-26-19(25)27-9-14)30-18(15)34(20)11-21(22,23)24;1-12-10-32(3-2-25-12)19-28-14-16(31-4-6-34-7-5-31)29-15(13-8-26-18(24)27-9-13)30-17(14)33(19)11-20(21,22)23/h8-9,12-13H,2-7,10-11H2,1H3,(H2,25,26,27);8-9,12,25H,2-7,10-11H2,1H3,(H2,24,26,27)/t13-;12-/m00/s1. The van der Waals surface area contributed by atoms with Gasteiger partial charge in [-0.3, -0.25) is 13.9 Å². The number of rotatable bonds is 9. The lowest BCUT2D eigenvalue weighted by Gasteiger charge is -2.38. The van der Waals surface area contributed by atoms with Crippen LogP contribution in [0, 0.1) is 0 Å². The number of amides is 1. The number of carbonyl (C=O) groups is 1. The van der Waals surface area contributed by atoms with Crippen LogP contribution in [0.2, 0.25) is 0 Å². The highest BCUT2D eigenvalue weighted by Crippen LogP contribution is 2.36. The van der Waals surface area contributed by atoms with E-state index in [0.29, 0.717) is 120 Å². The molecule has 4 aliphatic rings. The maximum atomic E-state index is 13.8. The Bertz CT molecular complexity index is 2780. The molecule has 23 nitrogen and oxygen atoms in total. The molecule has 1 amide bonds. The SMILES string of the molecule is C[C@H]1CN(c2nc3c(N4CCOCC4)nc(-c4cnc(N)nc4)nc3n2CC(F)(F)F)CCN1.C[C@H]1CN(c2nc3c(N4CCOCC4)nc(-c4cnc(N)nc4)nc3n2CC(F)(F)F)CCN1C=O. The highest BCUT2D eigenvalue weighted by Gasteiger charge is 2.37. The van der Waals surface area contributed by atoms with Crippen molar-refractivity contribution in [1.82, 2.24) is 69.2 Å². The van der Waals surface area contributed by atoms with Gasteiger partial charge in [0, 0.05) is 102 Å². The average Bonchev–Trinajstić information content (AvgIpc) is 3.88. The number of fused-ring (bicyclic) bond motifs is 2. The summed E-state index contributed by atoms with van der Waals surface area (Å²) >= 11 is 0. The monoisotopic (exact) mass is 984 g/mol. The molecule has 2 atom stereocenters. The lowest BCUT2D eigenvalue weighted by atomic mass is 10.2.